The first-order valence-electron chi connectivity index (χ1n) is 9.66. The van der Waals surface area contributed by atoms with Gasteiger partial charge in [0.2, 0.25) is 0 Å². The van der Waals surface area contributed by atoms with Crippen molar-refractivity contribution in [2.75, 3.05) is 32.7 Å². The minimum absolute atomic E-state index is 0.114. The van der Waals surface area contributed by atoms with Gasteiger partial charge in [-0.25, -0.2) is 4.79 Å². The van der Waals surface area contributed by atoms with Gasteiger partial charge in [0.15, 0.2) is 0 Å². The standard InChI is InChI=1S/C22H26N4O3/c1-15-4-6-16(7-5-15)17-12-19(24-20(27)18(17)13-23)22(2,3)14-25-8-10-26(11-9-25)21(28)29/h4-7,12H,8-11,14H2,1-3H3,(H,24,27)(H,28,29). The summed E-state index contributed by atoms with van der Waals surface area (Å²) >= 11 is 0. The fourth-order valence-corrected chi connectivity index (χ4v) is 3.74. The molecule has 1 aromatic carbocycles. The Morgan fingerprint density at radius 1 is 1.21 bits per heavy atom. The van der Waals surface area contributed by atoms with E-state index in [1.807, 2.05) is 57.2 Å². The highest BCUT2D eigenvalue weighted by Crippen LogP contribution is 2.28. The number of piperazine rings is 1. The number of rotatable bonds is 4. The predicted octanol–water partition coefficient (Wildman–Crippen LogP) is 2.80. The van der Waals surface area contributed by atoms with Crippen molar-refractivity contribution >= 4 is 6.09 Å². The number of amides is 1. The lowest BCUT2D eigenvalue weighted by molar-refractivity contribution is 0.0966. The zero-order chi connectivity index (χ0) is 21.2. The Kier molecular flexibility index (Phi) is 5.76. The lowest BCUT2D eigenvalue weighted by Crippen LogP contribution is -2.51. The molecule has 1 fully saturated rings. The van der Waals surface area contributed by atoms with Crippen LogP contribution in [0.5, 0.6) is 0 Å². The molecule has 0 bridgehead atoms. The summed E-state index contributed by atoms with van der Waals surface area (Å²) in [5.41, 5.74) is 2.70. The van der Waals surface area contributed by atoms with E-state index >= 15 is 0 Å². The van der Waals surface area contributed by atoms with Gasteiger partial charge in [0.1, 0.15) is 11.6 Å². The summed E-state index contributed by atoms with van der Waals surface area (Å²) in [6, 6.07) is 11.7. The molecule has 1 saturated heterocycles. The summed E-state index contributed by atoms with van der Waals surface area (Å²) < 4.78 is 0. The lowest BCUT2D eigenvalue weighted by Gasteiger charge is -2.38. The van der Waals surface area contributed by atoms with Crippen LogP contribution in [0, 0.1) is 18.3 Å². The number of hydrogen-bond donors (Lipinski definition) is 2. The van der Waals surface area contributed by atoms with E-state index in [1.54, 1.807) is 0 Å². The summed E-state index contributed by atoms with van der Waals surface area (Å²) in [5.74, 6) is 0. The Morgan fingerprint density at radius 2 is 1.83 bits per heavy atom. The fraction of sp³-hybridized carbons (Fsp3) is 0.409. The third-order valence-corrected chi connectivity index (χ3v) is 5.50. The van der Waals surface area contributed by atoms with Gasteiger partial charge in [0.05, 0.1) is 0 Å². The molecule has 3 rings (SSSR count). The number of nitriles is 1. The largest absolute Gasteiger partial charge is 0.465 e. The average molecular weight is 394 g/mol. The van der Waals surface area contributed by atoms with Crippen LogP contribution in [0.25, 0.3) is 11.1 Å². The molecular formula is C22H26N4O3. The van der Waals surface area contributed by atoms with Crippen LogP contribution >= 0.6 is 0 Å². The number of benzene rings is 1. The van der Waals surface area contributed by atoms with Crippen molar-refractivity contribution in [1.82, 2.24) is 14.8 Å². The Morgan fingerprint density at radius 3 is 2.38 bits per heavy atom. The summed E-state index contributed by atoms with van der Waals surface area (Å²) in [6.45, 7) is 9.02. The maximum Gasteiger partial charge on any atom is 0.407 e. The zero-order valence-electron chi connectivity index (χ0n) is 17.0. The molecule has 0 atom stereocenters. The van der Waals surface area contributed by atoms with Gasteiger partial charge >= 0.3 is 6.09 Å². The molecule has 0 saturated carbocycles. The van der Waals surface area contributed by atoms with Gasteiger partial charge in [-0.3, -0.25) is 9.69 Å². The number of nitrogens with one attached hydrogen (secondary N) is 1. The van der Waals surface area contributed by atoms with Gasteiger partial charge in [-0.05, 0) is 18.6 Å². The number of nitrogens with zero attached hydrogens (tertiary/aromatic N) is 3. The third kappa shape index (κ3) is 4.49. The molecule has 0 aliphatic carbocycles. The number of pyridine rings is 1. The SMILES string of the molecule is Cc1ccc(-c2cc(C(C)(C)CN3CCN(C(=O)O)CC3)[nH]c(=O)c2C#N)cc1. The summed E-state index contributed by atoms with van der Waals surface area (Å²) in [5, 5.41) is 18.6. The molecule has 7 heteroatoms. The minimum atomic E-state index is -0.886. The van der Waals surface area contributed by atoms with E-state index in [9.17, 15) is 14.9 Å². The van der Waals surface area contributed by atoms with Crippen molar-refractivity contribution in [2.45, 2.75) is 26.2 Å². The molecule has 1 aromatic heterocycles. The van der Waals surface area contributed by atoms with Gasteiger partial charge in [-0.15, -0.1) is 0 Å². The molecule has 0 unspecified atom stereocenters. The summed E-state index contributed by atoms with van der Waals surface area (Å²) in [4.78, 5) is 30.3. The van der Waals surface area contributed by atoms with Crippen LogP contribution in [-0.4, -0.2) is 58.7 Å². The second-order valence-electron chi connectivity index (χ2n) is 8.21. The van der Waals surface area contributed by atoms with Gasteiger partial charge in [0.25, 0.3) is 5.56 Å². The number of aromatic nitrogens is 1. The van der Waals surface area contributed by atoms with E-state index in [2.05, 4.69) is 9.88 Å². The van der Waals surface area contributed by atoms with Crippen molar-refractivity contribution < 1.29 is 9.90 Å². The van der Waals surface area contributed by atoms with Crippen molar-refractivity contribution in [1.29, 1.82) is 5.26 Å². The second kappa shape index (κ2) is 8.10. The molecular weight excluding hydrogens is 368 g/mol. The summed E-state index contributed by atoms with van der Waals surface area (Å²) in [7, 11) is 0. The normalized spacial score (nSPS) is 15.2. The highest BCUT2D eigenvalue weighted by molar-refractivity contribution is 5.70. The van der Waals surface area contributed by atoms with Crippen molar-refractivity contribution in [3.05, 3.63) is 57.5 Å². The topological polar surface area (TPSA) is 100 Å². The average Bonchev–Trinajstić information content (AvgIpc) is 2.68. The Balaban J connectivity index is 1.89. The molecule has 0 radical (unpaired) electrons. The van der Waals surface area contributed by atoms with Crippen molar-refractivity contribution in [2.24, 2.45) is 0 Å². The lowest BCUT2D eigenvalue weighted by atomic mass is 9.85. The fourth-order valence-electron chi connectivity index (χ4n) is 3.74. The van der Waals surface area contributed by atoms with Crippen molar-refractivity contribution in [3.8, 4) is 17.2 Å². The van der Waals surface area contributed by atoms with Crippen LogP contribution in [0.2, 0.25) is 0 Å². The van der Waals surface area contributed by atoms with Gasteiger partial charge in [-0.2, -0.15) is 5.26 Å². The number of carbonyl (C=O) groups is 1. The van der Waals surface area contributed by atoms with Gasteiger partial charge in [0, 0.05) is 49.4 Å². The predicted molar refractivity (Wildman–Crippen MR) is 111 cm³/mol. The quantitative estimate of drug-likeness (QED) is 0.830. The van der Waals surface area contributed by atoms with E-state index in [0.717, 1.165) is 16.8 Å². The molecule has 2 N–H and O–H groups in total. The van der Waals surface area contributed by atoms with Gasteiger partial charge < -0.3 is 15.0 Å². The maximum absolute atomic E-state index is 12.6. The van der Waals surface area contributed by atoms with Crippen LogP contribution in [0.1, 0.15) is 30.7 Å². The Labute approximate surface area is 170 Å². The molecule has 1 aliphatic heterocycles. The molecule has 1 amide bonds. The third-order valence-electron chi connectivity index (χ3n) is 5.50. The molecule has 29 heavy (non-hydrogen) atoms. The van der Waals surface area contributed by atoms with Crippen LogP contribution in [-0.2, 0) is 5.41 Å². The van der Waals surface area contributed by atoms with Crippen LogP contribution in [0.15, 0.2) is 35.1 Å². The second-order valence-corrected chi connectivity index (χ2v) is 8.21. The number of H-pyrrole nitrogens is 1. The zero-order valence-corrected chi connectivity index (χ0v) is 17.0. The molecule has 2 aromatic rings. The Hall–Kier alpha value is -3.11. The number of carboxylic acid groups (broad SMARTS) is 1. The first-order valence-corrected chi connectivity index (χ1v) is 9.66. The molecule has 7 nitrogen and oxygen atoms in total. The van der Waals surface area contributed by atoms with Crippen LogP contribution in [0.4, 0.5) is 4.79 Å². The molecule has 152 valence electrons. The summed E-state index contributed by atoms with van der Waals surface area (Å²) in [6.07, 6.45) is -0.886. The highest BCUT2D eigenvalue weighted by Gasteiger charge is 2.29. The molecule has 1 aliphatic rings. The number of aryl methyl sites for hydroxylation is 1. The maximum atomic E-state index is 12.6. The van der Waals surface area contributed by atoms with Crippen LogP contribution in [0.3, 0.4) is 0 Å². The number of aromatic amines is 1. The highest BCUT2D eigenvalue weighted by atomic mass is 16.4. The molecule has 0 spiro atoms. The first-order chi connectivity index (χ1) is 13.7. The number of hydrogen-bond acceptors (Lipinski definition) is 4. The first kappa shape index (κ1) is 20.6. The monoisotopic (exact) mass is 394 g/mol. The minimum Gasteiger partial charge on any atom is -0.465 e. The van der Waals surface area contributed by atoms with Crippen LogP contribution < -0.4 is 5.56 Å². The Bertz CT molecular complexity index is 994. The van der Waals surface area contributed by atoms with Crippen molar-refractivity contribution in [3.63, 3.8) is 0 Å². The van der Waals surface area contributed by atoms with E-state index in [1.165, 1.54) is 4.90 Å². The van der Waals surface area contributed by atoms with E-state index in [-0.39, 0.29) is 16.5 Å². The molecule has 2 heterocycles. The van der Waals surface area contributed by atoms with E-state index < -0.39 is 6.09 Å². The van der Waals surface area contributed by atoms with Gasteiger partial charge in [-0.1, -0.05) is 43.7 Å². The van der Waals surface area contributed by atoms with E-state index in [0.29, 0.717) is 38.3 Å². The smallest absolute Gasteiger partial charge is 0.407 e. The van der Waals surface area contributed by atoms with E-state index in [4.69, 9.17) is 5.11 Å².